The third kappa shape index (κ3) is 3.73. The van der Waals surface area contributed by atoms with Crippen LogP contribution < -0.4 is 5.32 Å². The van der Waals surface area contributed by atoms with Gasteiger partial charge < -0.3 is 5.32 Å². The monoisotopic (exact) mass is 251 g/mol. The van der Waals surface area contributed by atoms with E-state index in [-0.39, 0.29) is 0 Å². The Kier molecular flexibility index (Phi) is 4.75. The predicted molar refractivity (Wildman–Crippen MR) is 79.7 cm³/mol. The molecule has 0 bridgehead atoms. The van der Waals surface area contributed by atoms with Crippen LogP contribution in [0.4, 0.5) is 0 Å². The van der Waals surface area contributed by atoms with E-state index in [0.717, 1.165) is 29.1 Å². The molecule has 1 spiro atoms. The second-order valence-corrected chi connectivity index (χ2v) is 7.91. The van der Waals surface area contributed by atoms with Gasteiger partial charge >= 0.3 is 0 Å². The average molecular weight is 251 g/mol. The molecule has 0 saturated heterocycles. The van der Waals surface area contributed by atoms with Crippen molar-refractivity contribution in [3.63, 3.8) is 0 Å². The normalized spacial score (nSPS) is 35.7. The smallest absolute Gasteiger partial charge is 0.00149 e. The SMILES string of the molecule is CC(C)CNCC1CC12CCCC(CC(C)C)C2. The van der Waals surface area contributed by atoms with E-state index in [9.17, 15) is 0 Å². The maximum Gasteiger partial charge on any atom is -0.00149 e. The van der Waals surface area contributed by atoms with Crippen molar-refractivity contribution in [3.8, 4) is 0 Å². The Labute approximate surface area is 114 Å². The standard InChI is InChI=1S/C17H33N/c1-13(2)8-15-6-5-7-17(9-15)10-16(17)12-18-11-14(3)4/h13-16,18H,5-12H2,1-4H3. The van der Waals surface area contributed by atoms with E-state index >= 15 is 0 Å². The third-order valence-electron chi connectivity index (χ3n) is 5.09. The molecule has 0 amide bonds. The minimum absolute atomic E-state index is 0.780. The van der Waals surface area contributed by atoms with Crippen LogP contribution in [0.5, 0.6) is 0 Å². The lowest BCUT2D eigenvalue weighted by atomic mass is 9.75. The molecule has 18 heavy (non-hydrogen) atoms. The summed E-state index contributed by atoms with van der Waals surface area (Å²) < 4.78 is 0. The summed E-state index contributed by atoms with van der Waals surface area (Å²) in [6.07, 6.45) is 9.06. The van der Waals surface area contributed by atoms with E-state index in [2.05, 4.69) is 33.0 Å². The van der Waals surface area contributed by atoms with Gasteiger partial charge in [0.1, 0.15) is 0 Å². The molecule has 2 aliphatic rings. The van der Waals surface area contributed by atoms with Gasteiger partial charge in [-0.15, -0.1) is 0 Å². The maximum atomic E-state index is 3.67. The van der Waals surface area contributed by atoms with Gasteiger partial charge in [-0.2, -0.15) is 0 Å². The molecule has 0 aliphatic heterocycles. The zero-order chi connectivity index (χ0) is 13.2. The lowest BCUT2D eigenvalue weighted by Gasteiger charge is -2.31. The van der Waals surface area contributed by atoms with E-state index in [4.69, 9.17) is 0 Å². The van der Waals surface area contributed by atoms with E-state index in [1.54, 1.807) is 6.42 Å². The Hall–Kier alpha value is -0.0400. The van der Waals surface area contributed by atoms with Gasteiger partial charge in [0, 0.05) is 0 Å². The third-order valence-corrected chi connectivity index (χ3v) is 5.09. The quantitative estimate of drug-likeness (QED) is 0.734. The van der Waals surface area contributed by atoms with Gasteiger partial charge in [-0.05, 0) is 67.9 Å². The molecule has 2 rings (SSSR count). The number of hydrogen-bond acceptors (Lipinski definition) is 1. The fourth-order valence-electron chi connectivity index (χ4n) is 4.21. The Bertz CT molecular complexity index is 258. The molecule has 3 atom stereocenters. The fourth-order valence-corrected chi connectivity index (χ4v) is 4.21. The summed E-state index contributed by atoms with van der Waals surface area (Å²) in [6, 6.07) is 0. The molecule has 0 aromatic heterocycles. The van der Waals surface area contributed by atoms with E-state index in [0.29, 0.717) is 0 Å². The van der Waals surface area contributed by atoms with Gasteiger partial charge in [0.2, 0.25) is 0 Å². The Morgan fingerprint density at radius 3 is 2.56 bits per heavy atom. The average Bonchev–Trinajstić information content (AvgIpc) is 2.89. The van der Waals surface area contributed by atoms with Crippen molar-refractivity contribution in [2.75, 3.05) is 13.1 Å². The predicted octanol–water partition coefficient (Wildman–Crippen LogP) is 4.47. The van der Waals surface area contributed by atoms with Crippen LogP contribution in [0.25, 0.3) is 0 Å². The van der Waals surface area contributed by atoms with Gasteiger partial charge in [-0.1, -0.05) is 40.5 Å². The summed E-state index contributed by atoms with van der Waals surface area (Å²) in [5.41, 5.74) is 0.780. The highest BCUT2D eigenvalue weighted by Crippen LogP contribution is 2.62. The topological polar surface area (TPSA) is 12.0 Å². The molecule has 0 aromatic rings. The van der Waals surface area contributed by atoms with Crippen molar-refractivity contribution < 1.29 is 0 Å². The molecule has 2 saturated carbocycles. The lowest BCUT2D eigenvalue weighted by molar-refractivity contribution is 0.203. The van der Waals surface area contributed by atoms with Crippen molar-refractivity contribution in [1.29, 1.82) is 0 Å². The molecule has 106 valence electrons. The van der Waals surface area contributed by atoms with Gasteiger partial charge in [0.25, 0.3) is 0 Å². The van der Waals surface area contributed by atoms with E-state index in [1.165, 1.54) is 45.2 Å². The summed E-state index contributed by atoms with van der Waals surface area (Å²) >= 11 is 0. The number of nitrogens with one attached hydrogen (secondary N) is 1. The first-order valence-electron chi connectivity index (χ1n) is 8.22. The van der Waals surface area contributed by atoms with Crippen molar-refractivity contribution in [2.24, 2.45) is 29.1 Å². The molecular formula is C17H33N. The molecule has 0 radical (unpaired) electrons. The zero-order valence-corrected chi connectivity index (χ0v) is 13.0. The molecule has 2 aliphatic carbocycles. The second-order valence-electron chi connectivity index (χ2n) is 7.91. The van der Waals surface area contributed by atoms with Crippen molar-refractivity contribution in [1.82, 2.24) is 5.32 Å². The van der Waals surface area contributed by atoms with Crippen LogP contribution in [-0.2, 0) is 0 Å². The molecule has 1 heteroatoms. The van der Waals surface area contributed by atoms with Gasteiger partial charge in [-0.25, -0.2) is 0 Å². The molecule has 3 unspecified atom stereocenters. The number of hydrogen-bond donors (Lipinski definition) is 1. The summed E-state index contributed by atoms with van der Waals surface area (Å²) in [7, 11) is 0. The van der Waals surface area contributed by atoms with Crippen LogP contribution in [0.1, 0.15) is 66.2 Å². The van der Waals surface area contributed by atoms with E-state index in [1.807, 2.05) is 0 Å². The Morgan fingerprint density at radius 1 is 1.11 bits per heavy atom. The van der Waals surface area contributed by atoms with Crippen LogP contribution in [-0.4, -0.2) is 13.1 Å². The van der Waals surface area contributed by atoms with Crippen LogP contribution in [0.15, 0.2) is 0 Å². The summed E-state index contributed by atoms with van der Waals surface area (Å²) in [5, 5.41) is 3.67. The van der Waals surface area contributed by atoms with Gasteiger partial charge in [0.05, 0.1) is 0 Å². The Morgan fingerprint density at radius 2 is 1.89 bits per heavy atom. The fraction of sp³-hybridized carbons (Fsp3) is 1.00. The molecule has 0 aromatic carbocycles. The molecule has 2 fully saturated rings. The highest BCUT2D eigenvalue weighted by molar-refractivity contribution is 5.05. The molecular weight excluding hydrogens is 218 g/mol. The largest absolute Gasteiger partial charge is 0.316 e. The minimum atomic E-state index is 0.780. The van der Waals surface area contributed by atoms with Crippen molar-refractivity contribution in [2.45, 2.75) is 66.2 Å². The molecule has 0 heterocycles. The zero-order valence-electron chi connectivity index (χ0n) is 13.0. The van der Waals surface area contributed by atoms with Gasteiger partial charge in [0.15, 0.2) is 0 Å². The molecule has 1 nitrogen and oxygen atoms in total. The summed E-state index contributed by atoms with van der Waals surface area (Å²) in [5.74, 6) is 3.72. The van der Waals surface area contributed by atoms with Crippen molar-refractivity contribution >= 4 is 0 Å². The molecule has 1 N–H and O–H groups in total. The first-order chi connectivity index (χ1) is 8.52. The first kappa shape index (κ1) is 14.4. The summed E-state index contributed by atoms with van der Waals surface area (Å²) in [6.45, 7) is 11.9. The first-order valence-corrected chi connectivity index (χ1v) is 8.22. The maximum absolute atomic E-state index is 3.67. The van der Waals surface area contributed by atoms with Gasteiger partial charge in [-0.3, -0.25) is 0 Å². The Balaban J connectivity index is 1.73. The van der Waals surface area contributed by atoms with Crippen LogP contribution in [0.3, 0.4) is 0 Å². The number of rotatable bonds is 6. The van der Waals surface area contributed by atoms with E-state index < -0.39 is 0 Å². The van der Waals surface area contributed by atoms with Crippen LogP contribution in [0.2, 0.25) is 0 Å². The van der Waals surface area contributed by atoms with Crippen LogP contribution >= 0.6 is 0 Å². The minimum Gasteiger partial charge on any atom is -0.316 e. The highest BCUT2D eigenvalue weighted by Gasteiger charge is 2.54. The summed E-state index contributed by atoms with van der Waals surface area (Å²) in [4.78, 5) is 0. The lowest BCUT2D eigenvalue weighted by Crippen LogP contribution is -2.26. The van der Waals surface area contributed by atoms with Crippen LogP contribution in [0, 0.1) is 29.1 Å². The highest BCUT2D eigenvalue weighted by atomic mass is 14.9. The van der Waals surface area contributed by atoms with Crippen molar-refractivity contribution in [3.05, 3.63) is 0 Å². The second kappa shape index (κ2) is 5.94.